The molecule has 0 atom stereocenters. The molecule has 2 N–H and O–H groups in total. The van der Waals surface area contributed by atoms with Crippen LogP contribution in [0, 0.1) is 0 Å². The molecule has 0 aliphatic carbocycles. The van der Waals surface area contributed by atoms with E-state index in [4.69, 9.17) is 10.5 Å². The van der Waals surface area contributed by atoms with E-state index in [1.165, 1.54) is 5.56 Å². The average Bonchev–Trinajstić information content (AvgIpc) is 2.48. The SMILES string of the molecule is CC(C)c1ccc(OC(=O)c2ccc(CN)cc2)cc1.Cl. The lowest BCUT2D eigenvalue weighted by molar-refractivity contribution is 0.0734. The van der Waals surface area contributed by atoms with Crippen molar-refractivity contribution in [2.45, 2.75) is 26.3 Å². The van der Waals surface area contributed by atoms with Crippen molar-refractivity contribution in [1.82, 2.24) is 0 Å². The van der Waals surface area contributed by atoms with Crippen LogP contribution in [-0.2, 0) is 6.54 Å². The summed E-state index contributed by atoms with van der Waals surface area (Å²) in [6, 6.07) is 14.7. The topological polar surface area (TPSA) is 52.3 Å². The summed E-state index contributed by atoms with van der Waals surface area (Å²) in [5.41, 5.74) is 8.25. The summed E-state index contributed by atoms with van der Waals surface area (Å²) >= 11 is 0. The minimum absolute atomic E-state index is 0. The molecule has 2 rings (SSSR count). The van der Waals surface area contributed by atoms with Gasteiger partial charge in [0.15, 0.2) is 0 Å². The maximum absolute atomic E-state index is 12.0. The van der Waals surface area contributed by atoms with Gasteiger partial charge in [-0.3, -0.25) is 0 Å². The summed E-state index contributed by atoms with van der Waals surface area (Å²) in [6.45, 7) is 4.71. The molecule has 0 spiro atoms. The first-order chi connectivity index (χ1) is 9.60. The van der Waals surface area contributed by atoms with Crippen molar-refractivity contribution < 1.29 is 9.53 Å². The zero-order chi connectivity index (χ0) is 14.5. The number of halogens is 1. The van der Waals surface area contributed by atoms with Gasteiger partial charge in [0.05, 0.1) is 5.56 Å². The second-order valence-electron chi connectivity index (χ2n) is 5.01. The maximum atomic E-state index is 12.0. The molecule has 0 saturated heterocycles. The van der Waals surface area contributed by atoms with E-state index in [0.29, 0.717) is 23.8 Å². The number of ether oxygens (including phenoxy) is 1. The summed E-state index contributed by atoms with van der Waals surface area (Å²) in [7, 11) is 0. The lowest BCUT2D eigenvalue weighted by Gasteiger charge is -2.08. The van der Waals surface area contributed by atoms with Gasteiger partial charge in [0.2, 0.25) is 0 Å². The number of esters is 1. The monoisotopic (exact) mass is 305 g/mol. The minimum Gasteiger partial charge on any atom is -0.423 e. The molecule has 0 bridgehead atoms. The van der Waals surface area contributed by atoms with Crippen LogP contribution in [0.15, 0.2) is 48.5 Å². The summed E-state index contributed by atoms with van der Waals surface area (Å²) in [5, 5.41) is 0. The van der Waals surface area contributed by atoms with Crippen molar-refractivity contribution >= 4 is 18.4 Å². The largest absolute Gasteiger partial charge is 0.423 e. The Balaban J connectivity index is 0.00000220. The van der Waals surface area contributed by atoms with Gasteiger partial charge in [-0.05, 0) is 41.3 Å². The standard InChI is InChI=1S/C17H19NO2.ClH/c1-12(2)14-7-9-16(10-8-14)20-17(19)15-5-3-13(11-18)4-6-15;/h3-10,12H,11,18H2,1-2H3;1H. The average molecular weight is 306 g/mol. The molecular weight excluding hydrogens is 286 g/mol. The van der Waals surface area contributed by atoms with Gasteiger partial charge >= 0.3 is 5.97 Å². The minimum atomic E-state index is -0.356. The summed E-state index contributed by atoms with van der Waals surface area (Å²) in [5.74, 6) is 0.664. The maximum Gasteiger partial charge on any atom is 0.343 e. The summed E-state index contributed by atoms with van der Waals surface area (Å²) in [6.07, 6.45) is 0. The van der Waals surface area contributed by atoms with E-state index in [1.807, 2.05) is 36.4 Å². The van der Waals surface area contributed by atoms with Gasteiger partial charge in [0, 0.05) is 6.54 Å². The van der Waals surface area contributed by atoms with E-state index >= 15 is 0 Å². The van der Waals surface area contributed by atoms with Crippen LogP contribution in [0.4, 0.5) is 0 Å². The smallest absolute Gasteiger partial charge is 0.343 e. The van der Waals surface area contributed by atoms with Gasteiger partial charge in [0.25, 0.3) is 0 Å². The van der Waals surface area contributed by atoms with Crippen LogP contribution in [0.2, 0.25) is 0 Å². The molecule has 0 radical (unpaired) electrons. The molecule has 0 aromatic heterocycles. The third-order valence-corrected chi connectivity index (χ3v) is 3.18. The third-order valence-electron chi connectivity index (χ3n) is 3.18. The first-order valence-electron chi connectivity index (χ1n) is 6.71. The Morgan fingerprint density at radius 1 is 1.05 bits per heavy atom. The van der Waals surface area contributed by atoms with E-state index in [9.17, 15) is 4.79 Å². The predicted octanol–water partition coefficient (Wildman–Crippen LogP) is 3.91. The van der Waals surface area contributed by atoms with Gasteiger partial charge in [-0.15, -0.1) is 12.4 Å². The van der Waals surface area contributed by atoms with Crippen molar-refractivity contribution in [3.63, 3.8) is 0 Å². The molecule has 0 aliphatic heterocycles. The highest BCUT2D eigenvalue weighted by Gasteiger charge is 2.08. The molecule has 4 heteroatoms. The van der Waals surface area contributed by atoms with Crippen LogP contribution < -0.4 is 10.5 Å². The second kappa shape index (κ2) is 7.81. The van der Waals surface area contributed by atoms with Crippen molar-refractivity contribution in [1.29, 1.82) is 0 Å². The van der Waals surface area contributed by atoms with E-state index in [1.54, 1.807) is 12.1 Å². The molecule has 0 unspecified atom stereocenters. The summed E-state index contributed by atoms with van der Waals surface area (Å²) < 4.78 is 5.34. The molecule has 0 amide bonds. The molecule has 2 aromatic carbocycles. The number of benzene rings is 2. The second-order valence-corrected chi connectivity index (χ2v) is 5.01. The highest BCUT2D eigenvalue weighted by molar-refractivity contribution is 5.91. The third kappa shape index (κ3) is 4.59. The lowest BCUT2D eigenvalue weighted by Crippen LogP contribution is -2.08. The Bertz CT molecular complexity index is 577. The fraction of sp³-hybridized carbons (Fsp3) is 0.235. The van der Waals surface area contributed by atoms with Gasteiger partial charge in [-0.25, -0.2) is 4.79 Å². The van der Waals surface area contributed by atoms with Crippen LogP contribution in [0.1, 0.15) is 41.3 Å². The Hall–Kier alpha value is -1.84. The molecule has 0 heterocycles. The highest BCUT2D eigenvalue weighted by atomic mass is 35.5. The predicted molar refractivity (Wildman–Crippen MR) is 87.1 cm³/mol. The van der Waals surface area contributed by atoms with E-state index in [2.05, 4.69) is 13.8 Å². The molecule has 0 aliphatic rings. The molecule has 0 fully saturated rings. The fourth-order valence-corrected chi connectivity index (χ4v) is 1.86. The number of hydrogen-bond donors (Lipinski definition) is 1. The zero-order valence-electron chi connectivity index (χ0n) is 12.2. The Labute approximate surface area is 131 Å². The molecular formula is C17H20ClNO2. The van der Waals surface area contributed by atoms with Crippen LogP contribution in [0.3, 0.4) is 0 Å². The Morgan fingerprint density at radius 2 is 1.62 bits per heavy atom. The van der Waals surface area contributed by atoms with Crippen molar-refractivity contribution in [2.24, 2.45) is 5.73 Å². The highest BCUT2D eigenvalue weighted by Crippen LogP contribution is 2.19. The van der Waals surface area contributed by atoms with Gasteiger partial charge < -0.3 is 10.5 Å². The number of nitrogens with two attached hydrogens (primary N) is 1. The first kappa shape index (κ1) is 17.2. The van der Waals surface area contributed by atoms with Crippen molar-refractivity contribution in [2.75, 3.05) is 0 Å². The molecule has 0 saturated carbocycles. The first-order valence-corrected chi connectivity index (χ1v) is 6.71. The number of rotatable bonds is 4. The molecule has 21 heavy (non-hydrogen) atoms. The van der Waals surface area contributed by atoms with E-state index in [0.717, 1.165) is 5.56 Å². The molecule has 2 aromatic rings. The van der Waals surface area contributed by atoms with Crippen LogP contribution in [0.25, 0.3) is 0 Å². The quantitative estimate of drug-likeness (QED) is 0.688. The van der Waals surface area contributed by atoms with Gasteiger partial charge in [0.1, 0.15) is 5.75 Å². The fourth-order valence-electron chi connectivity index (χ4n) is 1.86. The van der Waals surface area contributed by atoms with E-state index in [-0.39, 0.29) is 18.4 Å². The number of carbonyl (C=O) groups is 1. The van der Waals surface area contributed by atoms with Crippen molar-refractivity contribution in [3.8, 4) is 5.75 Å². The Morgan fingerprint density at radius 3 is 2.10 bits per heavy atom. The molecule has 3 nitrogen and oxygen atoms in total. The van der Waals surface area contributed by atoms with Crippen LogP contribution in [0.5, 0.6) is 5.75 Å². The van der Waals surface area contributed by atoms with Gasteiger partial charge in [-0.2, -0.15) is 0 Å². The Kier molecular flexibility index (Phi) is 6.40. The summed E-state index contributed by atoms with van der Waals surface area (Å²) in [4.78, 5) is 12.0. The zero-order valence-corrected chi connectivity index (χ0v) is 13.0. The lowest BCUT2D eigenvalue weighted by atomic mass is 10.0. The molecule has 112 valence electrons. The van der Waals surface area contributed by atoms with Crippen molar-refractivity contribution in [3.05, 3.63) is 65.2 Å². The van der Waals surface area contributed by atoms with E-state index < -0.39 is 0 Å². The van der Waals surface area contributed by atoms with Gasteiger partial charge in [-0.1, -0.05) is 38.1 Å². The number of carbonyl (C=O) groups excluding carboxylic acids is 1. The normalized spacial score (nSPS) is 10.1. The van der Waals surface area contributed by atoms with Crippen LogP contribution >= 0.6 is 12.4 Å². The van der Waals surface area contributed by atoms with Crippen LogP contribution in [-0.4, -0.2) is 5.97 Å². The number of hydrogen-bond acceptors (Lipinski definition) is 3.